The third-order valence-electron chi connectivity index (χ3n) is 1.68. The molecule has 0 aliphatic carbocycles. The topological polar surface area (TPSA) is 68.7 Å². The number of nitrogens with zero attached hydrogens (tertiary/aromatic N) is 1. The number of thiazole rings is 1. The summed E-state index contributed by atoms with van der Waals surface area (Å²) in [7, 11) is 1.30. The number of hydrogen-bond acceptors (Lipinski definition) is 6. The number of aliphatic hydroxyl groups excluding tert-OH is 1. The van der Waals surface area contributed by atoms with Gasteiger partial charge in [0.1, 0.15) is 16.0 Å². The fraction of sp³-hybridized carbons (Fsp3) is 0.556. The number of ether oxygens (including phenoxy) is 2. The van der Waals surface area contributed by atoms with Crippen LogP contribution in [0.25, 0.3) is 0 Å². The molecule has 1 aromatic rings. The van der Waals surface area contributed by atoms with Gasteiger partial charge in [-0.05, 0) is 6.92 Å². The molecule has 1 N–H and O–H groups in total. The van der Waals surface area contributed by atoms with Crippen molar-refractivity contribution >= 4 is 17.3 Å². The molecule has 0 aliphatic heterocycles. The lowest BCUT2D eigenvalue weighted by Crippen LogP contribution is -2.06. The Kier molecular flexibility index (Phi) is 4.67. The summed E-state index contributed by atoms with van der Waals surface area (Å²) in [6.07, 6.45) is 0.606. The van der Waals surface area contributed by atoms with Crippen LogP contribution in [0.1, 0.15) is 27.7 Å². The van der Waals surface area contributed by atoms with E-state index in [2.05, 4.69) is 9.72 Å². The molecular formula is C9H13NO4S. The number of aromatic nitrogens is 1. The summed E-state index contributed by atoms with van der Waals surface area (Å²) < 4.78 is 9.58. The largest absolute Gasteiger partial charge is 0.465 e. The Bertz CT molecular complexity index is 326. The Hall–Kier alpha value is -0.980. The molecule has 6 heteroatoms. The number of carbonyl (C=O) groups excluding carboxylic acids is 1. The van der Waals surface area contributed by atoms with E-state index in [1.165, 1.54) is 13.3 Å². The van der Waals surface area contributed by atoms with Gasteiger partial charge < -0.3 is 14.6 Å². The number of carbonyl (C=O) groups is 1. The summed E-state index contributed by atoms with van der Waals surface area (Å²) in [5.41, 5.74) is 0. The van der Waals surface area contributed by atoms with Crippen LogP contribution in [-0.4, -0.2) is 36.4 Å². The van der Waals surface area contributed by atoms with Crippen molar-refractivity contribution in [3.05, 3.63) is 16.1 Å². The van der Waals surface area contributed by atoms with Gasteiger partial charge in [-0.3, -0.25) is 0 Å². The Morgan fingerprint density at radius 2 is 2.47 bits per heavy atom. The molecule has 0 aliphatic rings. The number of rotatable bonds is 5. The first-order chi connectivity index (χ1) is 7.19. The summed E-state index contributed by atoms with van der Waals surface area (Å²) in [6, 6.07) is 0. The van der Waals surface area contributed by atoms with E-state index < -0.39 is 12.1 Å². The van der Waals surface area contributed by atoms with Crippen LogP contribution in [-0.2, 0) is 9.47 Å². The molecule has 1 heterocycles. The fourth-order valence-corrected chi connectivity index (χ4v) is 1.74. The zero-order chi connectivity index (χ0) is 11.3. The second kappa shape index (κ2) is 5.79. The van der Waals surface area contributed by atoms with Crippen molar-refractivity contribution in [1.82, 2.24) is 4.98 Å². The van der Waals surface area contributed by atoms with Gasteiger partial charge in [-0.2, -0.15) is 0 Å². The van der Waals surface area contributed by atoms with Gasteiger partial charge in [0.2, 0.25) is 0 Å². The van der Waals surface area contributed by atoms with Crippen molar-refractivity contribution in [2.24, 2.45) is 0 Å². The Morgan fingerprint density at radius 3 is 3.07 bits per heavy atom. The minimum Gasteiger partial charge on any atom is -0.465 e. The van der Waals surface area contributed by atoms with Crippen molar-refractivity contribution in [3.8, 4) is 0 Å². The first-order valence-electron chi connectivity index (χ1n) is 4.48. The lowest BCUT2D eigenvalue weighted by molar-refractivity contribution is 0.0419. The van der Waals surface area contributed by atoms with Crippen LogP contribution >= 0.6 is 11.3 Å². The van der Waals surface area contributed by atoms with Crippen molar-refractivity contribution < 1.29 is 19.4 Å². The van der Waals surface area contributed by atoms with Gasteiger partial charge in [-0.15, -0.1) is 11.3 Å². The van der Waals surface area contributed by atoms with Gasteiger partial charge in [0, 0.05) is 6.61 Å². The van der Waals surface area contributed by atoms with Crippen LogP contribution in [0.4, 0.5) is 0 Å². The number of esters is 1. The molecule has 1 atom stereocenters. The third-order valence-corrected chi connectivity index (χ3v) is 2.75. The second-order valence-corrected chi connectivity index (χ2v) is 3.79. The third kappa shape index (κ3) is 3.26. The Labute approximate surface area is 91.7 Å². The van der Waals surface area contributed by atoms with Crippen LogP contribution in [0, 0.1) is 0 Å². The van der Waals surface area contributed by atoms with Gasteiger partial charge in [0.05, 0.1) is 19.9 Å². The first-order valence-corrected chi connectivity index (χ1v) is 5.30. The van der Waals surface area contributed by atoms with E-state index in [9.17, 15) is 9.90 Å². The van der Waals surface area contributed by atoms with E-state index in [1.54, 1.807) is 0 Å². The zero-order valence-corrected chi connectivity index (χ0v) is 9.41. The highest BCUT2D eigenvalue weighted by molar-refractivity contribution is 7.13. The number of hydrogen-bond donors (Lipinski definition) is 1. The molecule has 15 heavy (non-hydrogen) atoms. The monoisotopic (exact) mass is 231 g/mol. The average molecular weight is 231 g/mol. The average Bonchev–Trinajstić information content (AvgIpc) is 2.74. The van der Waals surface area contributed by atoms with Crippen molar-refractivity contribution in [1.29, 1.82) is 0 Å². The van der Waals surface area contributed by atoms with Crippen LogP contribution in [0.15, 0.2) is 6.20 Å². The lowest BCUT2D eigenvalue weighted by Gasteiger charge is -2.05. The summed E-state index contributed by atoms with van der Waals surface area (Å²) in [4.78, 5) is 15.4. The Balaban J connectivity index is 2.62. The van der Waals surface area contributed by atoms with E-state index in [-0.39, 0.29) is 6.61 Å². The predicted molar refractivity (Wildman–Crippen MR) is 54.9 cm³/mol. The number of aliphatic hydroxyl groups is 1. The molecule has 1 rings (SSSR count). The molecular weight excluding hydrogens is 218 g/mol. The van der Waals surface area contributed by atoms with Gasteiger partial charge in [0.25, 0.3) is 0 Å². The van der Waals surface area contributed by atoms with Gasteiger partial charge >= 0.3 is 5.97 Å². The zero-order valence-electron chi connectivity index (χ0n) is 8.60. The van der Waals surface area contributed by atoms with Crippen molar-refractivity contribution in [3.63, 3.8) is 0 Å². The molecule has 0 saturated heterocycles. The summed E-state index contributed by atoms with van der Waals surface area (Å²) in [5, 5.41) is 10.1. The van der Waals surface area contributed by atoms with E-state index in [1.807, 2.05) is 6.92 Å². The van der Waals surface area contributed by atoms with E-state index in [0.29, 0.717) is 16.5 Å². The maximum Gasteiger partial charge on any atom is 0.349 e. The molecule has 0 radical (unpaired) electrons. The van der Waals surface area contributed by atoms with Crippen molar-refractivity contribution in [2.75, 3.05) is 20.3 Å². The van der Waals surface area contributed by atoms with E-state index in [0.717, 1.165) is 11.3 Å². The highest BCUT2D eigenvalue weighted by Crippen LogP contribution is 2.20. The Morgan fingerprint density at radius 1 is 1.73 bits per heavy atom. The van der Waals surface area contributed by atoms with Crippen LogP contribution < -0.4 is 0 Å². The molecule has 0 fully saturated rings. The van der Waals surface area contributed by atoms with Gasteiger partial charge in [-0.1, -0.05) is 0 Å². The summed E-state index contributed by atoms with van der Waals surface area (Å²) >= 11 is 1.11. The molecule has 1 aromatic heterocycles. The van der Waals surface area contributed by atoms with E-state index in [4.69, 9.17) is 4.74 Å². The van der Waals surface area contributed by atoms with E-state index >= 15 is 0 Å². The standard InChI is InChI=1S/C9H13NO4S/c1-3-14-5-6(11)8-10-4-7(15-8)9(12)13-2/h4,6,11H,3,5H2,1-2H3. The minimum atomic E-state index is -0.784. The quantitative estimate of drug-likeness (QED) is 0.766. The summed E-state index contributed by atoms with van der Waals surface area (Å²) in [6.45, 7) is 2.56. The molecule has 84 valence electrons. The molecule has 1 unspecified atom stereocenters. The fourth-order valence-electron chi connectivity index (χ4n) is 0.937. The van der Waals surface area contributed by atoms with Crippen LogP contribution in [0.3, 0.4) is 0 Å². The summed E-state index contributed by atoms with van der Waals surface area (Å²) in [5.74, 6) is -0.442. The highest BCUT2D eigenvalue weighted by atomic mass is 32.1. The van der Waals surface area contributed by atoms with Gasteiger partial charge in [0.15, 0.2) is 0 Å². The maximum absolute atomic E-state index is 11.1. The smallest absolute Gasteiger partial charge is 0.349 e. The van der Waals surface area contributed by atoms with Crippen LogP contribution in [0.5, 0.6) is 0 Å². The molecule has 0 saturated carbocycles. The number of methoxy groups -OCH3 is 1. The molecule has 0 bridgehead atoms. The van der Waals surface area contributed by atoms with Crippen molar-refractivity contribution in [2.45, 2.75) is 13.0 Å². The van der Waals surface area contributed by atoms with Gasteiger partial charge in [-0.25, -0.2) is 9.78 Å². The highest BCUT2D eigenvalue weighted by Gasteiger charge is 2.16. The molecule has 0 aromatic carbocycles. The maximum atomic E-state index is 11.1. The first kappa shape index (κ1) is 12.1. The van der Waals surface area contributed by atoms with Crippen LogP contribution in [0.2, 0.25) is 0 Å². The molecule has 0 spiro atoms. The normalized spacial score (nSPS) is 12.5. The lowest BCUT2D eigenvalue weighted by atomic mass is 10.4. The molecule has 5 nitrogen and oxygen atoms in total. The predicted octanol–water partition coefficient (Wildman–Crippen LogP) is 1.000. The minimum absolute atomic E-state index is 0.185. The second-order valence-electron chi connectivity index (χ2n) is 2.73. The SMILES string of the molecule is CCOCC(O)c1ncc(C(=O)OC)s1. The molecule has 0 amide bonds.